The molecule has 0 atom stereocenters. The van der Waals surface area contributed by atoms with E-state index in [4.69, 9.17) is 0 Å². The highest BCUT2D eigenvalue weighted by Crippen LogP contribution is 2.23. The number of Topliss-reactive ketones (excluding diaryl/α,β-unsaturated/α-hetero) is 1. The summed E-state index contributed by atoms with van der Waals surface area (Å²) in [7, 11) is -3.55. The number of anilines is 1. The Morgan fingerprint density at radius 1 is 0.806 bits per heavy atom. The second-order valence-corrected chi connectivity index (χ2v) is 9.96. The number of carbonyl (C=O) groups excluding carboxylic acids is 2. The lowest BCUT2D eigenvalue weighted by molar-refractivity contribution is 0.0746. The Kier molecular flexibility index (Phi) is 6.11. The molecule has 0 aliphatic carbocycles. The maximum Gasteiger partial charge on any atom is 0.254 e. The number of sulfonamides is 1. The van der Waals surface area contributed by atoms with Gasteiger partial charge >= 0.3 is 0 Å². The van der Waals surface area contributed by atoms with E-state index in [9.17, 15) is 18.0 Å². The summed E-state index contributed by atoms with van der Waals surface area (Å²) in [5.74, 6) is -0.110. The number of nitrogens with zero attached hydrogens (tertiary/aromatic N) is 3. The van der Waals surface area contributed by atoms with Gasteiger partial charge in [0.15, 0.2) is 5.78 Å². The third-order valence-electron chi connectivity index (χ3n) is 5.99. The van der Waals surface area contributed by atoms with Crippen LogP contribution in [-0.2, 0) is 10.0 Å². The van der Waals surface area contributed by atoms with Gasteiger partial charge < -0.3 is 9.80 Å². The van der Waals surface area contributed by atoms with Crippen molar-refractivity contribution < 1.29 is 18.0 Å². The fourth-order valence-electron chi connectivity index (χ4n) is 4.12. The van der Waals surface area contributed by atoms with Gasteiger partial charge in [0.2, 0.25) is 10.0 Å². The number of amides is 1. The molecule has 8 heteroatoms. The minimum Gasteiger partial charge on any atom is -0.368 e. The monoisotopic (exact) mass is 441 g/mol. The summed E-state index contributed by atoms with van der Waals surface area (Å²) in [6.45, 7) is 5.08. The molecule has 164 valence electrons. The van der Waals surface area contributed by atoms with E-state index in [2.05, 4.69) is 4.90 Å². The normalized spacial score (nSPS) is 17.7. The Morgan fingerprint density at radius 3 is 2.06 bits per heavy atom. The molecule has 0 aromatic heterocycles. The van der Waals surface area contributed by atoms with E-state index in [-0.39, 0.29) is 16.6 Å². The van der Waals surface area contributed by atoms with E-state index < -0.39 is 10.0 Å². The van der Waals surface area contributed by atoms with Crippen LogP contribution in [0.4, 0.5) is 5.69 Å². The first-order chi connectivity index (χ1) is 14.9. The number of benzene rings is 2. The van der Waals surface area contributed by atoms with Gasteiger partial charge in [-0.05, 0) is 62.2 Å². The van der Waals surface area contributed by atoms with Crippen molar-refractivity contribution in [3.63, 3.8) is 0 Å². The Hall–Kier alpha value is -2.71. The molecule has 1 amide bonds. The van der Waals surface area contributed by atoms with Crippen LogP contribution in [0.15, 0.2) is 53.4 Å². The number of carbonyl (C=O) groups is 2. The molecule has 2 heterocycles. The standard InChI is InChI=1S/C23H27N3O4S/c1-18(27)19-7-9-21(10-8-19)24-13-15-25(16-14-24)23(28)20-5-4-6-22(17-20)31(29,30)26-11-2-3-12-26/h4-10,17H,2-3,11-16H2,1H3. The average molecular weight is 442 g/mol. The molecule has 0 saturated carbocycles. The molecule has 2 aliphatic heterocycles. The molecular formula is C23H27N3O4S. The van der Waals surface area contributed by atoms with Crippen molar-refractivity contribution in [2.45, 2.75) is 24.7 Å². The smallest absolute Gasteiger partial charge is 0.254 e. The topological polar surface area (TPSA) is 78.0 Å². The molecule has 0 N–H and O–H groups in total. The van der Waals surface area contributed by atoms with Gasteiger partial charge in [-0.2, -0.15) is 4.31 Å². The van der Waals surface area contributed by atoms with E-state index in [0.29, 0.717) is 50.4 Å². The minimum absolute atomic E-state index is 0.0379. The minimum atomic E-state index is -3.55. The van der Waals surface area contributed by atoms with Gasteiger partial charge in [-0.1, -0.05) is 6.07 Å². The van der Waals surface area contributed by atoms with Crippen LogP contribution in [0.2, 0.25) is 0 Å². The zero-order valence-electron chi connectivity index (χ0n) is 17.7. The van der Waals surface area contributed by atoms with Crippen molar-refractivity contribution in [2.24, 2.45) is 0 Å². The first-order valence-corrected chi connectivity index (χ1v) is 12.1. The molecule has 2 aromatic carbocycles. The van der Waals surface area contributed by atoms with Crippen LogP contribution in [0, 0.1) is 0 Å². The summed E-state index contributed by atoms with van der Waals surface area (Å²) in [4.78, 5) is 28.6. The van der Waals surface area contributed by atoms with E-state index in [1.54, 1.807) is 30.0 Å². The van der Waals surface area contributed by atoms with Crippen LogP contribution < -0.4 is 4.90 Å². The number of hydrogen-bond acceptors (Lipinski definition) is 5. The van der Waals surface area contributed by atoms with Crippen LogP contribution in [0.1, 0.15) is 40.5 Å². The second-order valence-electron chi connectivity index (χ2n) is 8.02. The van der Waals surface area contributed by atoms with E-state index in [1.165, 1.54) is 10.4 Å². The maximum atomic E-state index is 13.0. The summed E-state index contributed by atoms with van der Waals surface area (Å²) < 4.78 is 27.1. The molecule has 7 nitrogen and oxygen atoms in total. The Bertz CT molecular complexity index is 1070. The van der Waals surface area contributed by atoms with Crippen molar-refractivity contribution in [3.8, 4) is 0 Å². The SMILES string of the molecule is CC(=O)c1ccc(N2CCN(C(=O)c3cccc(S(=O)(=O)N4CCCC4)c3)CC2)cc1. The largest absolute Gasteiger partial charge is 0.368 e. The predicted molar refractivity (Wildman–Crippen MR) is 119 cm³/mol. The highest BCUT2D eigenvalue weighted by atomic mass is 32.2. The Labute approximate surface area is 183 Å². The van der Waals surface area contributed by atoms with Crippen LogP contribution in [0.5, 0.6) is 0 Å². The summed E-state index contributed by atoms with van der Waals surface area (Å²) >= 11 is 0. The zero-order valence-corrected chi connectivity index (χ0v) is 18.5. The highest BCUT2D eigenvalue weighted by molar-refractivity contribution is 7.89. The number of ketones is 1. The molecule has 2 aromatic rings. The lowest BCUT2D eigenvalue weighted by Crippen LogP contribution is -2.48. The molecule has 0 spiro atoms. The number of piperazine rings is 1. The van der Waals surface area contributed by atoms with Gasteiger partial charge in [0, 0.05) is 56.1 Å². The fraction of sp³-hybridized carbons (Fsp3) is 0.391. The lowest BCUT2D eigenvalue weighted by atomic mass is 10.1. The molecular weight excluding hydrogens is 414 g/mol. The second kappa shape index (κ2) is 8.80. The lowest BCUT2D eigenvalue weighted by Gasteiger charge is -2.36. The van der Waals surface area contributed by atoms with Crippen molar-refractivity contribution in [2.75, 3.05) is 44.2 Å². The molecule has 0 unspecified atom stereocenters. The number of rotatable bonds is 5. The van der Waals surface area contributed by atoms with Gasteiger partial charge in [0.1, 0.15) is 0 Å². The third-order valence-corrected chi connectivity index (χ3v) is 7.88. The summed E-state index contributed by atoms with van der Waals surface area (Å²) in [5, 5.41) is 0. The molecule has 2 aliphatic rings. The van der Waals surface area contributed by atoms with Crippen molar-refractivity contribution in [1.29, 1.82) is 0 Å². The van der Waals surface area contributed by atoms with Gasteiger partial charge in [-0.3, -0.25) is 9.59 Å². The molecule has 2 saturated heterocycles. The molecule has 0 radical (unpaired) electrons. The Morgan fingerprint density at radius 2 is 1.45 bits per heavy atom. The first kappa shape index (κ1) is 21.5. The van der Waals surface area contributed by atoms with Gasteiger partial charge in [-0.15, -0.1) is 0 Å². The molecule has 2 fully saturated rings. The van der Waals surface area contributed by atoms with Crippen molar-refractivity contribution in [3.05, 3.63) is 59.7 Å². The molecule has 0 bridgehead atoms. The first-order valence-electron chi connectivity index (χ1n) is 10.6. The number of hydrogen-bond donors (Lipinski definition) is 0. The van der Waals surface area contributed by atoms with E-state index in [1.807, 2.05) is 24.3 Å². The van der Waals surface area contributed by atoms with E-state index >= 15 is 0 Å². The van der Waals surface area contributed by atoms with Crippen molar-refractivity contribution in [1.82, 2.24) is 9.21 Å². The van der Waals surface area contributed by atoms with Gasteiger partial charge in [-0.25, -0.2) is 8.42 Å². The van der Waals surface area contributed by atoms with Crippen molar-refractivity contribution >= 4 is 27.4 Å². The average Bonchev–Trinajstić information content (AvgIpc) is 3.35. The quantitative estimate of drug-likeness (QED) is 0.667. The molecule has 4 rings (SSSR count). The maximum absolute atomic E-state index is 13.0. The molecule has 31 heavy (non-hydrogen) atoms. The Balaban J connectivity index is 1.42. The highest BCUT2D eigenvalue weighted by Gasteiger charge is 2.29. The van der Waals surface area contributed by atoms with Crippen LogP contribution in [-0.4, -0.2) is 68.6 Å². The van der Waals surface area contributed by atoms with E-state index in [0.717, 1.165) is 18.5 Å². The summed E-state index contributed by atoms with van der Waals surface area (Å²) in [6, 6.07) is 13.9. The summed E-state index contributed by atoms with van der Waals surface area (Å²) in [5.41, 5.74) is 2.11. The van der Waals surface area contributed by atoms with Gasteiger partial charge in [0.25, 0.3) is 5.91 Å². The van der Waals surface area contributed by atoms with Crippen LogP contribution in [0.3, 0.4) is 0 Å². The van der Waals surface area contributed by atoms with Crippen LogP contribution >= 0.6 is 0 Å². The summed E-state index contributed by atoms with van der Waals surface area (Å²) in [6.07, 6.45) is 1.75. The zero-order chi connectivity index (χ0) is 22.0. The fourth-order valence-corrected chi connectivity index (χ4v) is 5.69. The third kappa shape index (κ3) is 4.50. The predicted octanol–water partition coefficient (Wildman–Crippen LogP) is 2.64. The van der Waals surface area contributed by atoms with Gasteiger partial charge in [0.05, 0.1) is 4.90 Å². The van der Waals surface area contributed by atoms with Crippen LogP contribution in [0.25, 0.3) is 0 Å².